The van der Waals surface area contributed by atoms with E-state index in [1.807, 2.05) is 23.1 Å². The fourth-order valence-electron chi connectivity index (χ4n) is 4.59. The van der Waals surface area contributed by atoms with E-state index >= 15 is 0 Å². The molecule has 33 heavy (non-hydrogen) atoms. The van der Waals surface area contributed by atoms with E-state index in [2.05, 4.69) is 11.8 Å². The maximum absolute atomic E-state index is 13.1. The van der Waals surface area contributed by atoms with E-state index in [-0.39, 0.29) is 16.7 Å². The number of halogens is 1. The second kappa shape index (κ2) is 9.91. The van der Waals surface area contributed by atoms with Gasteiger partial charge in [0.25, 0.3) is 0 Å². The van der Waals surface area contributed by atoms with Crippen LogP contribution in [-0.2, 0) is 14.8 Å². The van der Waals surface area contributed by atoms with Crippen LogP contribution < -0.4 is 9.64 Å². The molecule has 0 spiro atoms. The van der Waals surface area contributed by atoms with Crippen molar-refractivity contribution in [3.8, 4) is 5.75 Å². The van der Waals surface area contributed by atoms with Gasteiger partial charge < -0.3 is 14.5 Å². The number of anilines is 1. The number of piperidine rings is 1. The van der Waals surface area contributed by atoms with Gasteiger partial charge in [-0.1, -0.05) is 17.7 Å². The lowest BCUT2D eigenvalue weighted by Gasteiger charge is -2.39. The minimum absolute atomic E-state index is 0.133. The number of piperazine rings is 1. The molecule has 7 nitrogen and oxygen atoms in total. The summed E-state index contributed by atoms with van der Waals surface area (Å²) >= 11 is 6.17. The zero-order chi connectivity index (χ0) is 23.6. The van der Waals surface area contributed by atoms with Crippen molar-refractivity contribution in [1.82, 2.24) is 9.21 Å². The highest BCUT2D eigenvalue weighted by Crippen LogP contribution is 2.28. The quantitative estimate of drug-likeness (QED) is 0.641. The van der Waals surface area contributed by atoms with Crippen LogP contribution in [0.3, 0.4) is 0 Å². The summed E-state index contributed by atoms with van der Waals surface area (Å²) in [5.74, 6) is 0.620. The Balaban J connectivity index is 1.32. The first kappa shape index (κ1) is 23.9. The average Bonchev–Trinajstić information content (AvgIpc) is 2.85. The van der Waals surface area contributed by atoms with Crippen LogP contribution in [-0.4, -0.2) is 69.9 Å². The summed E-state index contributed by atoms with van der Waals surface area (Å²) in [4.78, 5) is 17.6. The van der Waals surface area contributed by atoms with Gasteiger partial charge in [0.15, 0.2) is 0 Å². The number of benzene rings is 2. The van der Waals surface area contributed by atoms with Crippen molar-refractivity contribution in [3.05, 3.63) is 53.1 Å². The van der Waals surface area contributed by atoms with Crippen LogP contribution in [0.4, 0.5) is 5.69 Å². The number of sulfonamides is 1. The number of hydrogen-bond acceptors (Lipinski definition) is 5. The number of ether oxygens (including phenoxy) is 1. The minimum Gasteiger partial charge on any atom is -0.497 e. The van der Waals surface area contributed by atoms with Gasteiger partial charge in [-0.25, -0.2) is 8.42 Å². The molecule has 2 heterocycles. The molecule has 0 bridgehead atoms. The third-order valence-corrected chi connectivity index (χ3v) is 8.75. The smallest absolute Gasteiger partial charge is 0.243 e. The molecule has 2 saturated heterocycles. The molecule has 2 aliphatic heterocycles. The van der Waals surface area contributed by atoms with Crippen LogP contribution in [0.15, 0.2) is 47.4 Å². The third-order valence-electron chi connectivity index (χ3n) is 6.60. The second-order valence-electron chi connectivity index (χ2n) is 8.60. The van der Waals surface area contributed by atoms with Crippen molar-refractivity contribution in [2.75, 3.05) is 51.3 Å². The molecule has 2 aromatic rings. The van der Waals surface area contributed by atoms with Crippen molar-refractivity contribution in [3.63, 3.8) is 0 Å². The van der Waals surface area contributed by atoms with Crippen molar-refractivity contribution >= 4 is 33.2 Å². The van der Waals surface area contributed by atoms with E-state index in [0.29, 0.717) is 49.8 Å². The Labute approximate surface area is 200 Å². The predicted octanol–water partition coefficient (Wildman–Crippen LogP) is 3.41. The van der Waals surface area contributed by atoms with Gasteiger partial charge in [0.1, 0.15) is 5.75 Å². The summed E-state index contributed by atoms with van der Waals surface area (Å²) in [5, 5.41) is 0.713. The van der Waals surface area contributed by atoms with Crippen LogP contribution in [0.25, 0.3) is 0 Å². The Morgan fingerprint density at radius 1 is 0.970 bits per heavy atom. The summed E-state index contributed by atoms with van der Waals surface area (Å²) in [6.45, 7) is 5.62. The van der Waals surface area contributed by atoms with Crippen molar-refractivity contribution in [1.29, 1.82) is 0 Å². The first-order chi connectivity index (χ1) is 15.8. The molecule has 2 aliphatic rings. The molecular weight excluding hydrogens is 462 g/mol. The maximum Gasteiger partial charge on any atom is 0.243 e. The van der Waals surface area contributed by atoms with Gasteiger partial charge >= 0.3 is 0 Å². The summed E-state index contributed by atoms with van der Waals surface area (Å²) in [6.07, 6.45) is 1.09. The lowest BCUT2D eigenvalue weighted by molar-refractivity contribution is -0.137. The van der Waals surface area contributed by atoms with E-state index in [1.54, 1.807) is 31.4 Å². The molecule has 9 heteroatoms. The van der Waals surface area contributed by atoms with Gasteiger partial charge in [-0.05, 0) is 61.7 Å². The summed E-state index contributed by atoms with van der Waals surface area (Å²) in [5.41, 5.74) is 2.29. The van der Waals surface area contributed by atoms with Crippen LogP contribution >= 0.6 is 11.6 Å². The Bertz CT molecular complexity index is 1090. The zero-order valence-corrected chi connectivity index (χ0v) is 20.6. The lowest BCUT2D eigenvalue weighted by atomic mass is 9.96. The van der Waals surface area contributed by atoms with E-state index in [4.69, 9.17) is 16.3 Å². The molecule has 0 atom stereocenters. The second-order valence-corrected chi connectivity index (χ2v) is 11.0. The molecule has 0 saturated carbocycles. The molecule has 0 unspecified atom stereocenters. The molecule has 178 valence electrons. The maximum atomic E-state index is 13.1. The molecule has 4 rings (SSSR count). The van der Waals surface area contributed by atoms with Crippen molar-refractivity contribution < 1.29 is 17.9 Å². The van der Waals surface area contributed by atoms with Crippen LogP contribution in [0.1, 0.15) is 18.4 Å². The van der Waals surface area contributed by atoms with E-state index < -0.39 is 10.0 Å². The van der Waals surface area contributed by atoms with Gasteiger partial charge in [-0.2, -0.15) is 4.31 Å². The first-order valence-corrected chi connectivity index (χ1v) is 13.1. The first-order valence-electron chi connectivity index (χ1n) is 11.2. The molecule has 0 aliphatic carbocycles. The molecule has 2 fully saturated rings. The van der Waals surface area contributed by atoms with Crippen LogP contribution in [0, 0.1) is 12.8 Å². The Morgan fingerprint density at radius 3 is 2.21 bits per heavy atom. The highest BCUT2D eigenvalue weighted by Gasteiger charge is 2.34. The fraction of sp³-hybridized carbons (Fsp3) is 0.458. The Hall–Kier alpha value is -2.29. The van der Waals surface area contributed by atoms with Gasteiger partial charge in [0.2, 0.25) is 15.9 Å². The van der Waals surface area contributed by atoms with Crippen molar-refractivity contribution in [2.45, 2.75) is 24.7 Å². The molecular formula is C24H30ClN3O4S. The molecule has 1 amide bonds. The fourth-order valence-corrected chi connectivity index (χ4v) is 6.23. The van der Waals surface area contributed by atoms with E-state index in [0.717, 1.165) is 18.8 Å². The normalized spacial score (nSPS) is 18.4. The van der Waals surface area contributed by atoms with Crippen LogP contribution in [0.2, 0.25) is 5.02 Å². The number of aryl methyl sites for hydroxylation is 1. The SMILES string of the molecule is COc1ccc(S(=O)(=O)N2CCC(C(=O)N3CCN(c4cc(Cl)ccc4C)CC3)CC2)cc1. The Morgan fingerprint density at radius 2 is 1.61 bits per heavy atom. The largest absolute Gasteiger partial charge is 0.497 e. The highest BCUT2D eigenvalue weighted by atomic mass is 35.5. The molecule has 0 aromatic heterocycles. The van der Waals surface area contributed by atoms with Gasteiger partial charge in [0.05, 0.1) is 12.0 Å². The standard InChI is InChI=1S/C24H30ClN3O4S/c1-18-3-4-20(25)17-23(18)26-13-15-27(16-14-26)24(29)19-9-11-28(12-10-19)33(30,31)22-7-5-21(32-2)6-8-22/h3-8,17,19H,9-16H2,1-2H3. The van der Waals surface area contributed by atoms with E-state index in [9.17, 15) is 13.2 Å². The van der Waals surface area contributed by atoms with E-state index in [1.165, 1.54) is 9.87 Å². The summed E-state index contributed by atoms with van der Waals surface area (Å²) < 4.78 is 32.5. The summed E-state index contributed by atoms with van der Waals surface area (Å²) in [6, 6.07) is 12.3. The number of carbonyl (C=O) groups excluding carboxylic acids is 1. The zero-order valence-electron chi connectivity index (χ0n) is 19.0. The number of amides is 1. The van der Waals surface area contributed by atoms with Crippen molar-refractivity contribution in [2.24, 2.45) is 5.92 Å². The number of hydrogen-bond donors (Lipinski definition) is 0. The minimum atomic E-state index is -3.57. The average molecular weight is 492 g/mol. The summed E-state index contributed by atoms with van der Waals surface area (Å²) in [7, 11) is -2.03. The molecule has 2 aromatic carbocycles. The number of rotatable bonds is 5. The number of carbonyl (C=O) groups is 1. The lowest BCUT2D eigenvalue weighted by Crippen LogP contribution is -2.52. The van der Waals surface area contributed by atoms with Gasteiger partial charge in [-0.3, -0.25) is 4.79 Å². The monoisotopic (exact) mass is 491 g/mol. The van der Waals surface area contributed by atoms with Gasteiger partial charge in [0, 0.05) is 55.9 Å². The highest BCUT2D eigenvalue weighted by molar-refractivity contribution is 7.89. The molecule has 0 radical (unpaired) electrons. The Kier molecular flexibility index (Phi) is 7.16. The topological polar surface area (TPSA) is 70.2 Å². The third kappa shape index (κ3) is 5.13. The van der Waals surface area contributed by atoms with Crippen LogP contribution in [0.5, 0.6) is 5.75 Å². The van der Waals surface area contributed by atoms with Gasteiger partial charge in [-0.15, -0.1) is 0 Å². The number of methoxy groups -OCH3 is 1. The predicted molar refractivity (Wildman–Crippen MR) is 129 cm³/mol. The number of nitrogens with zero attached hydrogens (tertiary/aromatic N) is 3. The molecule has 0 N–H and O–H groups in total.